The quantitative estimate of drug-likeness (QED) is 0.363. The Balaban J connectivity index is 1.92. The molecule has 0 aliphatic carbocycles. The van der Waals surface area contributed by atoms with Crippen molar-refractivity contribution in [3.63, 3.8) is 0 Å². The van der Waals surface area contributed by atoms with Gasteiger partial charge in [0.2, 0.25) is 10.0 Å². The van der Waals surface area contributed by atoms with Gasteiger partial charge in [-0.3, -0.25) is 4.79 Å². The van der Waals surface area contributed by atoms with Crippen LogP contribution in [0.5, 0.6) is 0 Å². The number of para-hydroxylation sites is 1. The van der Waals surface area contributed by atoms with Crippen molar-refractivity contribution in [3.8, 4) is 0 Å². The molecule has 0 aliphatic rings. The van der Waals surface area contributed by atoms with Crippen LogP contribution in [0.2, 0.25) is 0 Å². The van der Waals surface area contributed by atoms with E-state index < -0.39 is 15.9 Å². The lowest BCUT2D eigenvalue weighted by molar-refractivity contribution is 0.0997. The lowest BCUT2D eigenvalue weighted by Gasteiger charge is -2.21. The summed E-state index contributed by atoms with van der Waals surface area (Å²) in [4.78, 5) is 18.0. The first-order chi connectivity index (χ1) is 16.8. The van der Waals surface area contributed by atoms with E-state index in [1.54, 1.807) is 7.11 Å². The van der Waals surface area contributed by atoms with Gasteiger partial charge in [-0.1, -0.05) is 23.5 Å². The maximum atomic E-state index is 13.1. The molecule has 3 aromatic rings. The Morgan fingerprint density at radius 2 is 1.60 bits per heavy atom. The van der Waals surface area contributed by atoms with Crippen LogP contribution in [0.1, 0.15) is 15.9 Å². The molecule has 0 spiro atoms. The molecule has 0 unspecified atom stereocenters. The number of carbonyl (C=O) groups is 1. The molecule has 0 bridgehead atoms. The number of carbonyl (C=O) groups excluding carboxylic acids is 1. The monoisotopic (exact) mass is 521 g/mol. The molecule has 1 heterocycles. The van der Waals surface area contributed by atoms with Crippen molar-refractivity contribution in [2.75, 3.05) is 54.2 Å². The Hall–Kier alpha value is -2.41. The fraction of sp³-hybridized carbons (Fsp3) is 0.417. The lowest BCUT2D eigenvalue weighted by Crippen LogP contribution is -2.36. The largest absolute Gasteiger partial charge is 0.383 e. The predicted molar refractivity (Wildman–Crippen MR) is 135 cm³/mol. The highest BCUT2D eigenvalue weighted by atomic mass is 32.2. The van der Waals surface area contributed by atoms with Gasteiger partial charge in [0, 0.05) is 46.5 Å². The summed E-state index contributed by atoms with van der Waals surface area (Å²) in [5.74, 6) is -0.444. The zero-order chi connectivity index (χ0) is 25.4. The Morgan fingerprint density at radius 3 is 2.20 bits per heavy atom. The van der Waals surface area contributed by atoms with Gasteiger partial charge in [0.05, 0.1) is 34.9 Å². The third-order valence-electron chi connectivity index (χ3n) is 5.45. The number of rotatable bonds is 12. The molecule has 0 aliphatic heterocycles. The van der Waals surface area contributed by atoms with E-state index in [4.69, 9.17) is 14.2 Å². The number of benzene rings is 2. The van der Waals surface area contributed by atoms with Crippen molar-refractivity contribution >= 4 is 37.5 Å². The molecule has 1 aromatic heterocycles. The highest BCUT2D eigenvalue weighted by Crippen LogP contribution is 2.21. The Kier molecular flexibility index (Phi) is 9.72. The van der Waals surface area contributed by atoms with Gasteiger partial charge >= 0.3 is 0 Å². The van der Waals surface area contributed by atoms with Gasteiger partial charge in [0.15, 0.2) is 4.80 Å². The second kappa shape index (κ2) is 12.5. The van der Waals surface area contributed by atoms with Crippen LogP contribution >= 0.6 is 11.3 Å². The van der Waals surface area contributed by atoms with E-state index in [1.807, 2.05) is 29.7 Å². The molecule has 11 heteroatoms. The van der Waals surface area contributed by atoms with Crippen LogP contribution in [-0.2, 0) is 30.8 Å². The molecule has 3 rings (SSSR count). The summed E-state index contributed by atoms with van der Waals surface area (Å²) in [6.45, 7) is 3.98. The Bertz CT molecular complexity index is 1310. The molecule has 0 N–H and O–H groups in total. The first kappa shape index (κ1) is 27.2. The maximum Gasteiger partial charge on any atom is 0.279 e. The lowest BCUT2D eigenvalue weighted by atomic mass is 10.2. The number of hydrogen-bond acceptors (Lipinski definition) is 7. The van der Waals surface area contributed by atoms with Crippen molar-refractivity contribution in [2.24, 2.45) is 4.99 Å². The zero-order valence-electron chi connectivity index (χ0n) is 20.4. The first-order valence-electron chi connectivity index (χ1n) is 11.1. The van der Waals surface area contributed by atoms with E-state index in [0.29, 0.717) is 23.5 Å². The minimum absolute atomic E-state index is 0.0916. The molecule has 35 heavy (non-hydrogen) atoms. The number of fused-ring (bicyclic) bond motifs is 1. The third kappa shape index (κ3) is 6.43. The van der Waals surface area contributed by atoms with Gasteiger partial charge in [-0.15, -0.1) is 0 Å². The van der Waals surface area contributed by atoms with E-state index in [2.05, 4.69) is 4.99 Å². The molecule has 1 amide bonds. The number of aromatic nitrogens is 1. The fourth-order valence-corrected chi connectivity index (χ4v) is 6.13. The van der Waals surface area contributed by atoms with Crippen LogP contribution in [-0.4, -0.2) is 77.4 Å². The first-order valence-corrected chi connectivity index (χ1v) is 13.3. The van der Waals surface area contributed by atoms with Gasteiger partial charge in [0.25, 0.3) is 5.91 Å². The summed E-state index contributed by atoms with van der Waals surface area (Å²) in [6, 6.07) is 11.8. The number of thiazole rings is 1. The van der Waals surface area contributed by atoms with Crippen molar-refractivity contribution < 1.29 is 27.4 Å². The topological polar surface area (TPSA) is 99.4 Å². The van der Waals surface area contributed by atoms with Gasteiger partial charge < -0.3 is 18.8 Å². The van der Waals surface area contributed by atoms with Crippen LogP contribution in [0.15, 0.2) is 52.4 Å². The number of hydrogen-bond donors (Lipinski definition) is 0. The number of aryl methyl sites for hydroxylation is 1. The molecule has 0 fully saturated rings. The highest BCUT2D eigenvalue weighted by Gasteiger charge is 2.24. The predicted octanol–water partition coefficient (Wildman–Crippen LogP) is 2.68. The van der Waals surface area contributed by atoms with Gasteiger partial charge in [0.1, 0.15) is 0 Å². The Morgan fingerprint density at radius 1 is 0.971 bits per heavy atom. The van der Waals surface area contributed by atoms with E-state index >= 15 is 0 Å². The molecule has 9 nitrogen and oxygen atoms in total. The van der Waals surface area contributed by atoms with Crippen LogP contribution < -0.4 is 4.80 Å². The second-order valence-corrected chi connectivity index (χ2v) is 10.7. The van der Waals surface area contributed by atoms with Crippen molar-refractivity contribution in [1.82, 2.24) is 8.87 Å². The fourth-order valence-electron chi connectivity index (χ4n) is 3.59. The normalized spacial score (nSPS) is 12.7. The minimum Gasteiger partial charge on any atom is -0.383 e. The van der Waals surface area contributed by atoms with Crippen LogP contribution in [0.3, 0.4) is 0 Å². The smallest absolute Gasteiger partial charge is 0.279 e. The number of nitrogens with zero attached hydrogens (tertiary/aromatic N) is 3. The van der Waals surface area contributed by atoms with E-state index in [1.165, 1.54) is 54.1 Å². The number of ether oxygens (including phenoxy) is 3. The summed E-state index contributed by atoms with van der Waals surface area (Å²) in [5, 5.41) is 0. The Labute approximate surface area is 209 Å². The third-order valence-corrected chi connectivity index (χ3v) is 8.40. The number of sulfonamides is 1. The molecule has 0 radical (unpaired) electrons. The van der Waals surface area contributed by atoms with Crippen LogP contribution in [0.4, 0.5) is 0 Å². The number of amides is 1. The summed E-state index contributed by atoms with van der Waals surface area (Å²) in [6.07, 6.45) is 0. The van der Waals surface area contributed by atoms with Crippen molar-refractivity contribution in [2.45, 2.75) is 18.4 Å². The SMILES string of the molecule is COCCN(CCOC)S(=O)(=O)c1ccc(C(=O)N=c2sc3cccc(C)c3n2CCOC)cc1. The molecular formula is C24H31N3O6S2. The van der Waals surface area contributed by atoms with E-state index in [-0.39, 0.29) is 31.2 Å². The van der Waals surface area contributed by atoms with Crippen LogP contribution in [0, 0.1) is 6.92 Å². The molecule has 2 aromatic carbocycles. The highest BCUT2D eigenvalue weighted by molar-refractivity contribution is 7.89. The van der Waals surface area contributed by atoms with Crippen LogP contribution in [0.25, 0.3) is 10.2 Å². The van der Waals surface area contributed by atoms with Crippen molar-refractivity contribution in [3.05, 3.63) is 58.4 Å². The van der Waals surface area contributed by atoms with E-state index in [0.717, 1.165) is 15.8 Å². The average Bonchev–Trinajstić information content (AvgIpc) is 3.20. The zero-order valence-corrected chi connectivity index (χ0v) is 22.0. The number of methoxy groups -OCH3 is 3. The van der Waals surface area contributed by atoms with Gasteiger partial charge in [-0.2, -0.15) is 9.30 Å². The molecule has 0 saturated carbocycles. The summed E-state index contributed by atoms with van der Waals surface area (Å²) in [5.41, 5.74) is 2.41. The summed E-state index contributed by atoms with van der Waals surface area (Å²) < 4.78 is 45.8. The second-order valence-electron chi connectivity index (χ2n) is 7.78. The van der Waals surface area contributed by atoms with Gasteiger partial charge in [-0.25, -0.2) is 8.42 Å². The van der Waals surface area contributed by atoms with E-state index in [9.17, 15) is 13.2 Å². The molecular weight excluding hydrogens is 490 g/mol. The summed E-state index contributed by atoms with van der Waals surface area (Å²) >= 11 is 1.43. The molecule has 190 valence electrons. The van der Waals surface area contributed by atoms with Gasteiger partial charge in [-0.05, 0) is 42.8 Å². The molecule has 0 saturated heterocycles. The maximum absolute atomic E-state index is 13.1. The standard InChI is InChI=1S/C24H31N3O6S2/c1-18-6-5-7-21-22(18)27(14-17-33-4)24(34-21)25-23(28)19-8-10-20(11-9-19)35(29,30)26(12-15-31-2)13-16-32-3/h5-11H,12-17H2,1-4H3. The average molecular weight is 522 g/mol. The summed E-state index contributed by atoms with van der Waals surface area (Å²) in [7, 11) is 0.891. The van der Waals surface area contributed by atoms with Crippen molar-refractivity contribution in [1.29, 1.82) is 0 Å². The minimum atomic E-state index is -3.77. The molecule has 0 atom stereocenters.